The molecule has 2 atom stereocenters. The Morgan fingerprint density at radius 1 is 1.60 bits per heavy atom. The van der Waals surface area contributed by atoms with Crippen molar-refractivity contribution in [3.63, 3.8) is 0 Å². The molecule has 4 heteroatoms. The summed E-state index contributed by atoms with van der Waals surface area (Å²) in [4.78, 5) is 1.97. The maximum atomic E-state index is 13.5. The van der Waals surface area contributed by atoms with Gasteiger partial charge in [-0.05, 0) is 36.7 Å². The van der Waals surface area contributed by atoms with Crippen molar-refractivity contribution < 1.29 is 9.50 Å². The van der Waals surface area contributed by atoms with Gasteiger partial charge in [-0.2, -0.15) is 0 Å². The molecule has 3 nitrogen and oxygen atoms in total. The van der Waals surface area contributed by atoms with E-state index in [4.69, 9.17) is 0 Å². The fourth-order valence-corrected chi connectivity index (χ4v) is 2.50. The van der Waals surface area contributed by atoms with Crippen LogP contribution >= 0.6 is 0 Å². The standard InChI is InChI=1S/C16H21FN2O/c1-4-19-8-7-15(20)16(19)12(3)18-10-13-6-5-11(2)14(17)9-13/h4-6,9,15-16,18,20H,1,3,7-8,10H2,2H3. The number of nitrogens with one attached hydrogen (secondary N) is 1. The molecular formula is C16H21FN2O. The first-order valence-corrected chi connectivity index (χ1v) is 6.77. The second-order valence-corrected chi connectivity index (χ2v) is 5.18. The van der Waals surface area contributed by atoms with Gasteiger partial charge in [0, 0.05) is 18.8 Å². The van der Waals surface area contributed by atoms with Crippen LogP contribution in [0.25, 0.3) is 0 Å². The van der Waals surface area contributed by atoms with Crippen LogP contribution in [-0.4, -0.2) is 28.7 Å². The molecule has 1 aromatic rings. The highest BCUT2D eigenvalue weighted by Crippen LogP contribution is 2.22. The molecular weight excluding hydrogens is 255 g/mol. The fourth-order valence-electron chi connectivity index (χ4n) is 2.50. The van der Waals surface area contributed by atoms with Gasteiger partial charge < -0.3 is 15.3 Å². The van der Waals surface area contributed by atoms with Crippen molar-refractivity contribution in [3.05, 3.63) is 60.2 Å². The Hall–Kier alpha value is -1.81. The molecule has 1 aromatic carbocycles. The largest absolute Gasteiger partial charge is 0.390 e. The molecule has 0 spiro atoms. The van der Waals surface area contributed by atoms with Crippen LogP contribution in [-0.2, 0) is 6.54 Å². The van der Waals surface area contributed by atoms with Crippen LogP contribution in [0.5, 0.6) is 0 Å². The Bertz CT molecular complexity index is 515. The zero-order valence-electron chi connectivity index (χ0n) is 11.8. The molecule has 0 bridgehead atoms. The van der Waals surface area contributed by atoms with Crippen LogP contribution in [0.15, 0.2) is 43.3 Å². The third-order valence-corrected chi connectivity index (χ3v) is 3.75. The van der Waals surface area contributed by atoms with Crippen LogP contribution in [0.4, 0.5) is 4.39 Å². The zero-order valence-corrected chi connectivity index (χ0v) is 11.8. The molecule has 0 radical (unpaired) electrons. The Balaban J connectivity index is 1.97. The van der Waals surface area contributed by atoms with Crippen molar-refractivity contribution in [2.24, 2.45) is 0 Å². The van der Waals surface area contributed by atoms with Gasteiger partial charge in [-0.15, -0.1) is 0 Å². The molecule has 20 heavy (non-hydrogen) atoms. The molecule has 1 saturated heterocycles. The van der Waals surface area contributed by atoms with Gasteiger partial charge in [0.2, 0.25) is 0 Å². The number of nitrogens with zero attached hydrogens (tertiary/aromatic N) is 1. The van der Waals surface area contributed by atoms with E-state index >= 15 is 0 Å². The predicted molar refractivity (Wildman–Crippen MR) is 78.4 cm³/mol. The highest BCUT2D eigenvalue weighted by molar-refractivity contribution is 5.24. The number of aliphatic hydroxyl groups is 1. The van der Waals surface area contributed by atoms with E-state index in [9.17, 15) is 9.50 Å². The number of aryl methyl sites for hydroxylation is 1. The summed E-state index contributed by atoms with van der Waals surface area (Å²) in [7, 11) is 0. The number of benzene rings is 1. The Kier molecular flexibility index (Phi) is 4.45. The van der Waals surface area contributed by atoms with Gasteiger partial charge in [0.1, 0.15) is 5.82 Å². The lowest BCUT2D eigenvalue weighted by Gasteiger charge is -2.27. The lowest BCUT2D eigenvalue weighted by atomic mass is 10.1. The fraction of sp³-hybridized carbons (Fsp3) is 0.375. The summed E-state index contributed by atoms with van der Waals surface area (Å²) in [6.07, 6.45) is 1.98. The second kappa shape index (κ2) is 6.09. The first-order chi connectivity index (χ1) is 9.52. The molecule has 108 valence electrons. The van der Waals surface area contributed by atoms with E-state index in [1.807, 2.05) is 11.0 Å². The summed E-state index contributed by atoms with van der Waals surface area (Å²) < 4.78 is 13.5. The van der Waals surface area contributed by atoms with Crippen molar-refractivity contribution >= 4 is 0 Å². The lowest BCUT2D eigenvalue weighted by Crippen LogP contribution is -2.38. The van der Waals surface area contributed by atoms with E-state index in [0.29, 0.717) is 18.5 Å². The molecule has 1 aliphatic heterocycles. The van der Waals surface area contributed by atoms with Crippen LogP contribution in [0.1, 0.15) is 17.5 Å². The van der Waals surface area contributed by atoms with E-state index < -0.39 is 6.10 Å². The van der Waals surface area contributed by atoms with Crippen molar-refractivity contribution in [2.45, 2.75) is 32.0 Å². The van der Waals surface area contributed by atoms with Gasteiger partial charge in [0.15, 0.2) is 0 Å². The van der Waals surface area contributed by atoms with Crippen LogP contribution < -0.4 is 5.32 Å². The monoisotopic (exact) mass is 276 g/mol. The smallest absolute Gasteiger partial charge is 0.126 e. The molecule has 2 unspecified atom stereocenters. The molecule has 0 amide bonds. The van der Waals surface area contributed by atoms with Gasteiger partial charge in [-0.25, -0.2) is 4.39 Å². The van der Waals surface area contributed by atoms with Gasteiger partial charge in [-0.3, -0.25) is 0 Å². The quantitative estimate of drug-likeness (QED) is 0.866. The number of halogens is 1. The minimum absolute atomic E-state index is 0.164. The van der Waals surface area contributed by atoms with Crippen molar-refractivity contribution in [2.75, 3.05) is 6.54 Å². The van der Waals surface area contributed by atoms with Crippen LogP contribution in [0.2, 0.25) is 0 Å². The average Bonchev–Trinajstić information content (AvgIpc) is 2.81. The SMILES string of the molecule is C=CN1CCC(O)C1C(=C)NCc1ccc(C)c(F)c1. The van der Waals surface area contributed by atoms with Crippen molar-refractivity contribution in [3.8, 4) is 0 Å². The molecule has 1 fully saturated rings. The topological polar surface area (TPSA) is 35.5 Å². The van der Waals surface area contributed by atoms with E-state index in [1.165, 1.54) is 6.07 Å². The van der Waals surface area contributed by atoms with Gasteiger partial charge in [0.25, 0.3) is 0 Å². The third-order valence-electron chi connectivity index (χ3n) is 3.75. The minimum Gasteiger partial charge on any atom is -0.390 e. The number of hydrogen-bond acceptors (Lipinski definition) is 3. The Labute approximate surface area is 119 Å². The third kappa shape index (κ3) is 3.02. The summed E-state index contributed by atoms with van der Waals surface area (Å²) in [5.74, 6) is -0.205. The maximum absolute atomic E-state index is 13.5. The molecule has 1 heterocycles. The summed E-state index contributed by atoms with van der Waals surface area (Å²) in [6.45, 7) is 10.7. The molecule has 0 saturated carbocycles. The molecule has 0 aliphatic carbocycles. The first kappa shape index (κ1) is 14.6. The summed E-state index contributed by atoms with van der Waals surface area (Å²) in [5.41, 5.74) is 2.22. The van der Waals surface area contributed by atoms with Crippen LogP contribution in [0.3, 0.4) is 0 Å². The van der Waals surface area contributed by atoms with Gasteiger partial charge in [-0.1, -0.05) is 25.3 Å². The highest BCUT2D eigenvalue weighted by atomic mass is 19.1. The second-order valence-electron chi connectivity index (χ2n) is 5.18. The van der Waals surface area contributed by atoms with Crippen LogP contribution in [0, 0.1) is 12.7 Å². The van der Waals surface area contributed by atoms with Crippen molar-refractivity contribution in [1.82, 2.24) is 10.2 Å². The Morgan fingerprint density at radius 3 is 3.00 bits per heavy atom. The van der Waals surface area contributed by atoms with Crippen molar-refractivity contribution in [1.29, 1.82) is 0 Å². The summed E-state index contributed by atoms with van der Waals surface area (Å²) in [5, 5.41) is 13.2. The molecule has 2 rings (SSSR count). The van der Waals surface area contributed by atoms with E-state index in [-0.39, 0.29) is 11.9 Å². The minimum atomic E-state index is -0.442. The zero-order chi connectivity index (χ0) is 14.7. The van der Waals surface area contributed by atoms with Gasteiger partial charge in [0.05, 0.1) is 12.1 Å². The normalized spacial score (nSPS) is 21.9. The summed E-state index contributed by atoms with van der Waals surface area (Å²) >= 11 is 0. The Morgan fingerprint density at radius 2 is 2.35 bits per heavy atom. The lowest BCUT2D eigenvalue weighted by molar-refractivity contribution is 0.147. The number of aliphatic hydroxyl groups excluding tert-OH is 1. The maximum Gasteiger partial charge on any atom is 0.126 e. The number of likely N-dealkylation sites (tertiary alicyclic amines) is 1. The first-order valence-electron chi connectivity index (χ1n) is 6.77. The summed E-state index contributed by atoms with van der Waals surface area (Å²) in [6, 6.07) is 5.00. The molecule has 1 aliphatic rings. The van der Waals surface area contributed by atoms with E-state index in [0.717, 1.165) is 17.8 Å². The van der Waals surface area contributed by atoms with E-state index in [2.05, 4.69) is 18.5 Å². The number of hydrogen-bond donors (Lipinski definition) is 2. The highest BCUT2D eigenvalue weighted by Gasteiger charge is 2.32. The molecule has 2 N–H and O–H groups in total. The predicted octanol–water partition coefficient (Wildman–Crippen LogP) is 2.32. The van der Waals surface area contributed by atoms with E-state index in [1.54, 1.807) is 19.2 Å². The average molecular weight is 276 g/mol. The van der Waals surface area contributed by atoms with Gasteiger partial charge >= 0.3 is 0 Å². The number of rotatable bonds is 5. The molecule has 0 aromatic heterocycles.